The molecular formula is C22H17N3OS3. The molecule has 7 heteroatoms. The average molecular weight is 436 g/mol. The van der Waals surface area contributed by atoms with E-state index in [1.807, 2.05) is 28.1 Å². The lowest BCUT2D eigenvalue weighted by Gasteiger charge is -2.11. The van der Waals surface area contributed by atoms with Gasteiger partial charge in [0.2, 0.25) is 0 Å². The summed E-state index contributed by atoms with van der Waals surface area (Å²) in [5.74, 6) is 0.768. The molecular weight excluding hydrogens is 418 g/mol. The van der Waals surface area contributed by atoms with E-state index in [1.54, 1.807) is 29.3 Å². The first-order chi connectivity index (χ1) is 14.2. The summed E-state index contributed by atoms with van der Waals surface area (Å²) in [5.41, 5.74) is 3.23. The van der Waals surface area contributed by atoms with Crippen LogP contribution in [0.15, 0.2) is 70.1 Å². The Balaban J connectivity index is 1.64. The molecule has 5 aromatic rings. The van der Waals surface area contributed by atoms with Gasteiger partial charge in [0.1, 0.15) is 9.53 Å². The van der Waals surface area contributed by atoms with E-state index in [0.29, 0.717) is 11.2 Å². The molecule has 0 saturated carbocycles. The summed E-state index contributed by atoms with van der Waals surface area (Å²) in [6.45, 7) is 2.63. The highest BCUT2D eigenvalue weighted by Gasteiger charge is 2.17. The minimum absolute atomic E-state index is 0.0122. The van der Waals surface area contributed by atoms with Crippen molar-refractivity contribution in [3.8, 4) is 0 Å². The minimum atomic E-state index is 0.0122. The van der Waals surface area contributed by atoms with E-state index >= 15 is 0 Å². The summed E-state index contributed by atoms with van der Waals surface area (Å²) in [6.07, 6.45) is 1.76. The molecule has 1 aromatic carbocycles. The van der Waals surface area contributed by atoms with Crippen LogP contribution in [0.3, 0.4) is 0 Å². The number of thioether (sulfide) groups is 1. The van der Waals surface area contributed by atoms with Gasteiger partial charge < -0.3 is 0 Å². The highest BCUT2D eigenvalue weighted by molar-refractivity contribution is 7.98. The summed E-state index contributed by atoms with van der Waals surface area (Å²) in [4.78, 5) is 24.8. The normalized spacial score (nSPS) is 11.5. The summed E-state index contributed by atoms with van der Waals surface area (Å²) in [7, 11) is 0. The molecule has 4 heterocycles. The molecule has 144 valence electrons. The van der Waals surface area contributed by atoms with E-state index in [2.05, 4.69) is 42.2 Å². The van der Waals surface area contributed by atoms with Crippen molar-refractivity contribution >= 4 is 54.9 Å². The molecule has 29 heavy (non-hydrogen) atoms. The Morgan fingerprint density at radius 3 is 2.90 bits per heavy atom. The Bertz CT molecular complexity index is 1370. The SMILES string of the molecule is Cc1cccc(CSc2nc3c(sc4ncccc43)c(=O)n2Cc2cccs2)c1. The molecule has 0 radical (unpaired) electrons. The van der Waals surface area contributed by atoms with Crippen LogP contribution in [0.5, 0.6) is 0 Å². The van der Waals surface area contributed by atoms with Crippen molar-refractivity contribution in [1.82, 2.24) is 14.5 Å². The number of hydrogen-bond acceptors (Lipinski definition) is 6. The first-order valence-electron chi connectivity index (χ1n) is 9.18. The second kappa shape index (κ2) is 7.74. The summed E-state index contributed by atoms with van der Waals surface area (Å²) in [5, 5.41) is 3.74. The van der Waals surface area contributed by atoms with Crippen LogP contribution < -0.4 is 5.56 Å². The first kappa shape index (κ1) is 18.5. The summed E-state index contributed by atoms with van der Waals surface area (Å²) in [6, 6.07) is 16.4. The second-order valence-corrected chi connectivity index (χ2v) is 9.75. The molecule has 5 rings (SSSR count). The molecule has 0 atom stereocenters. The fourth-order valence-corrected chi connectivity index (χ4v) is 5.96. The number of fused-ring (bicyclic) bond motifs is 3. The number of aromatic nitrogens is 3. The largest absolute Gasteiger partial charge is 0.281 e. The third kappa shape index (κ3) is 3.61. The van der Waals surface area contributed by atoms with Crippen LogP contribution in [-0.2, 0) is 12.3 Å². The lowest BCUT2D eigenvalue weighted by molar-refractivity contribution is 0.666. The highest BCUT2D eigenvalue weighted by atomic mass is 32.2. The van der Waals surface area contributed by atoms with Gasteiger partial charge >= 0.3 is 0 Å². The van der Waals surface area contributed by atoms with Crippen molar-refractivity contribution in [3.05, 3.63) is 86.5 Å². The van der Waals surface area contributed by atoms with Gasteiger partial charge in [0.15, 0.2) is 5.16 Å². The van der Waals surface area contributed by atoms with Crippen LogP contribution in [0.2, 0.25) is 0 Å². The Hall–Kier alpha value is -2.48. The number of nitrogens with zero attached hydrogens (tertiary/aromatic N) is 3. The van der Waals surface area contributed by atoms with Crippen LogP contribution in [0.25, 0.3) is 20.4 Å². The zero-order valence-electron chi connectivity index (χ0n) is 15.7. The zero-order chi connectivity index (χ0) is 19.8. The molecule has 0 bridgehead atoms. The van der Waals surface area contributed by atoms with Crippen LogP contribution in [0, 0.1) is 6.92 Å². The van der Waals surface area contributed by atoms with Crippen LogP contribution >= 0.6 is 34.4 Å². The van der Waals surface area contributed by atoms with Crippen molar-refractivity contribution < 1.29 is 0 Å². The zero-order valence-corrected chi connectivity index (χ0v) is 18.1. The molecule has 0 aliphatic carbocycles. The average Bonchev–Trinajstić information content (AvgIpc) is 3.37. The Morgan fingerprint density at radius 2 is 2.07 bits per heavy atom. The standard InChI is InChI=1S/C22H17N3OS3/c1-14-5-2-6-15(11-14)13-28-22-24-18-17-8-3-9-23-20(17)29-19(18)21(26)25(22)12-16-7-4-10-27-16/h2-11H,12-13H2,1H3. The maximum Gasteiger partial charge on any atom is 0.272 e. The van der Waals surface area contributed by atoms with E-state index in [1.165, 1.54) is 22.5 Å². The molecule has 0 fully saturated rings. The Kier molecular flexibility index (Phi) is 4.95. The van der Waals surface area contributed by atoms with Gasteiger partial charge in [-0.2, -0.15) is 0 Å². The second-order valence-electron chi connectivity index (χ2n) is 6.78. The maximum atomic E-state index is 13.4. The quantitative estimate of drug-likeness (QED) is 0.262. The van der Waals surface area contributed by atoms with E-state index in [9.17, 15) is 4.79 Å². The molecule has 4 nitrogen and oxygen atoms in total. The maximum absolute atomic E-state index is 13.4. The number of rotatable bonds is 5. The summed E-state index contributed by atoms with van der Waals surface area (Å²) < 4.78 is 2.49. The fourth-order valence-electron chi connectivity index (χ4n) is 3.30. The van der Waals surface area contributed by atoms with Gasteiger partial charge in [-0.3, -0.25) is 9.36 Å². The monoisotopic (exact) mass is 435 g/mol. The highest BCUT2D eigenvalue weighted by Crippen LogP contribution is 2.31. The molecule has 0 N–H and O–H groups in total. The predicted molar refractivity (Wildman–Crippen MR) is 123 cm³/mol. The van der Waals surface area contributed by atoms with Gasteiger partial charge in [0.25, 0.3) is 5.56 Å². The van der Waals surface area contributed by atoms with Crippen LogP contribution in [0.4, 0.5) is 0 Å². The van der Waals surface area contributed by atoms with Crippen LogP contribution in [0.1, 0.15) is 16.0 Å². The van der Waals surface area contributed by atoms with Crippen molar-refractivity contribution in [2.45, 2.75) is 24.4 Å². The molecule has 0 aliphatic rings. The Labute approximate surface area is 179 Å². The number of thiophene rings is 2. The van der Waals surface area contributed by atoms with Crippen molar-refractivity contribution in [2.75, 3.05) is 0 Å². The third-order valence-corrected chi connectivity index (χ3v) is 7.66. The fraction of sp³-hybridized carbons (Fsp3) is 0.136. The molecule has 0 aliphatic heterocycles. The summed E-state index contributed by atoms with van der Waals surface area (Å²) >= 11 is 4.70. The molecule has 0 amide bonds. The lowest BCUT2D eigenvalue weighted by Crippen LogP contribution is -2.22. The molecule has 0 spiro atoms. The molecule has 0 unspecified atom stereocenters. The number of pyridine rings is 1. The van der Waals surface area contributed by atoms with Gasteiger partial charge in [-0.05, 0) is 36.1 Å². The number of hydrogen-bond donors (Lipinski definition) is 0. The van der Waals surface area contributed by atoms with Crippen molar-refractivity contribution in [2.24, 2.45) is 0 Å². The third-order valence-electron chi connectivity index (χ3n) is 4.66. The number of aryl methyl sites for hydroxylation is 1. The van der Waals surface area contributed by atoms with E-state index in [-0.39, 0.29) is 5.56 Å². The van der Waals surface area contributed by atoms with Gasteiger partial charge in [-0.15, -0.1) is 22.7 Å². The van der Waals surface area contributed by atoms with Gasteiger partial charge in [-0.25, -0.2) is 9.97 Å². The molecule has 4 aromatic heterocycles. The van der Waals surface area contributed by atoms with Gasteiger partial charge in [0, 0.05) is 22.2 Å². The van der Waals surface area contributed by atoms with E-state index in [0.717, 1.165) is 31.5 Å². The lowest BCUT2D eigenvalue weighted by atomic mass is 10.2. The van der Waals surface area contributed by atoms with Gasteiger partial charge in [0.05, 0.1) is 12.1 Å². The van der Waals surface area contributed by atoms with E-state index in [4.69, 9.17) is 4.98 Å². The van der Waals surface area contributed by atoms with Crippen molar-refractivity contribution in [1.29, 1.82) is 0 Å². The smallest absolute Gasteiger partial charge is 0.272 e. The Morgan fingerprint density at radius 1 is 1.14 bits per heavy atom. The molecule has 0 saturated heterocycles. The van der Waals surface area contributed by atoms with Gasteiger partial charge in [-0.1, -0.05) is 47.7 Å². The minimum Gasteiger partial charge on any atom is -0.281 e. The topological polar surface area (TPSA) is 47.8 Å². The van der Waals surface area contributed by atoms with Crippen LogP contribution in [-0.4, -0.2) is 14.5 Å². The van der Waals surface area contributed by atoms with E-state index < -0.39 is 0 Å². The predicted octanol–water partition coefficient (Wildman–Crippen LogP) is 5.72. The van der Waals surface area contributed by atoms with Crippen molar-refractivity contribution in [3.63, 3.8) is 0 Å². The number of benzene rings is 1. The first-order valence-corrected chi connectivity index (χ1v) is 11.9.